The Kier molecular flexibility index (Phi) is 10.7. The van der Waals surface area contributed by atoms with E-state index in [4.69, 9.17) is 0 Å². The van der Waals surface area contributed by atoms with Gasteiger partial charge in [-0.25, -0.2) is 9.59 Å². The van der Waals surface area contributed by atoms with E-state index < -0.39 is 5.97 Å². The maximum absolute atomic E-state index is 13.7. The summed E-state index contributed by atoms with van der Waals surface area (Å²) in [5.41, 5.74) is 3.79. The monoisotopic (exact) mass is 660 g/mol. The summed E-state index contributed by atoms with van der Waals surface area (Å²) in [5, 5.41) is 13.1. The lowest BCUT2D eigenvalue weighted by Crippen LogP contribution is -2.67. The van der Waals surface area contributed by atoms with E-state index in [1.54, 1.807) is 18.2 Å². The van der Waals surface area contributed by atoms with Gasteiger partial charge in [0.2, 0.25) is 0 Å². The van der Waals surface area contributed by atoms with E-state index in [-0.39, 0.29) is 17.0 Å². The number of amides is 2. The van der Waals surface area contributed by atoms with Gasteiger partial charge >= 0.3 is 12.0 Å². The summed E-state index contributed by atoms with van der Waals surface area (Å²) < 4.78 is 0. The van der Waals surface area contributed by atoms with Crippen LogP contribution in [0, 0.1) is 45.8 Å². The van der Waals surface area contributed by atoms with Gasteiger partial charge in [0, 0.05) is 25.2 Å². The number of hydrogen-bond acceptors (Lipinski definition) is 3. The molecule has 5 aliphatic carbocycles. The number of carbonyl (C=O) groups is 2. The molecule has 6 nitrogen and oxygen atoms in total. The van der Waals surface area contributed by atoms with Crippen molar-refractivity contribution in [3.05, 3.63) is 54.1 Å². The molecule has 0 aliphatic heterocycles. The summed E-state index contributed by atoms with van der Waals surface area (Å²) in [7, 11) is 4.16. The van der Waals surface area contributed by atoms with Crippen molar-refractivity contribution < 1.29 is 14.7 Å². The number of carbonyl (C=O) groups excluding carboxylic acids is 1. The van der Waals surface area contributed by atoms with Crippen molar-refractivity contribution in [2.75, 3.05) is 33.7 Å². The molecule has 9 atom stereocenters. The Hall–Kier alpha value is -2.60. The fourth-order valence-electron chi connectivity index (χ4n) is 12.2. The molecular weight excluding hydrogens is 594 g/mol. The van der Waals surface area contributed by atoms with Crippen molar-refractivity contribution in [1.29, 1.82) is 0 Å². The summed E-state index contributed by atoms with van der Waals surface area (Å²) in [5.74, 6) is 2.20. The number of likely N-dealkylation sites (N-methyl/N-ethyl adjacent to an activating group) is 2. The zero-order valence-electron chi connectivity index (χ0n) is 31.4. The number of aromatic carboxylic acids is 1. The van der Waals surface area contributed by atoms with Crippen LogP contribution in [-0.2, 0) is 0 Å². The number of benzene rings is 1. The van der Waals surface area contributed by atoms with E-state index in [9.17, 15) is 14.7 Å². The van der Waals surface area contributed by atoms with Crippen LogP contribution in [-0.4, -0.2) is 66.2 Å². The Morgan fingerprint density at radius 2 is 1.62 bits per heavy atom. The van der Waals surface area contributed by atoms with Crippen molar-refractivity contribution in [3.8, 4) is 0 Å². The van der Waals surface area contributed by atoms with Gasteiger partial charge < -0.3 is 20.2 Å². The normalized spacial score (nSPS) is 38.2. The largest absolute Gasteiger partial charge is 0.478 e. The van der Waals surface area contributed by atoms with Crippen molar-refractivity contribution in [1.82, 2.24) is 15.1 Å². The zero-order valence-corrected chi connectivity index (χ0v) is 31.4. The second kappa shape index (κ2) is 14.0. The Morgan fingerprint density at radius 3 is 2.25 bits per heavy atom. The predicted octanol–water partition coefficient (Wildman–Crippen LogP) is 9.38. The van der Waals surface area contributed by atoms with Crippen LogP contribution in [0.5, 0.6) is 0 Å². The minimum atomic E-state index is -0.863. The minimum absolute atomic E-state index is 0.0374. The highest BCUT2D eigenvalue weighted by atomic mass is 16.4. The Bertz CT molecular complexity index is 1370. The number of fused-ring (bicyclic) bond motifs is 7. The van der Waals surface area contributed by atoms with Crippen LogP contribution in [0.3, 0.4) is 0 Å². The summed E-state index contributed by atoms with van der Waals surface area (Å²) in [6.07, 6.45) is 16.5. The quantitative estimate of drug-likeness (QED) is 0.286. The van der Waals surface area contributed by atoms with Gasteiger partial charge in [-0.15, -0.1) is 6.58 Å². The second-order valence-electron chi connectivity index (χ2n) is 17.1. The average molecular weight is 660 g/mol. The van der Waals surface area contributed by atoms with Crippen LogP contribution < -0.4 is 5.32 Å². The number of nitrogens with zero attached hydrogens (tertiary/aromatic N) is 2. The average Bonchev–Trinajstić information content (AvgIpc) is 3.45. The number of carboxylic acid groups (broad SMARTS) is 1. The van der Waals surface area contributed by atoms with Crippen molar-refractivity contribution >= 4 is 17.6 Å². The molecule has 0 saturated heterocycles. The van der Waals surface area contributed by atoms with Crippen LogP contribution in [0.1, 0.15) is 122 Å². The van der Waals surface area contributed by atoms with Gasteiger partial charge in [-0.1, -0.05) is 58.4 Å². The molecule has 0 aromatic heterocycles. The first-order valence-electron chi connectivity index (χ1n) is 19.0. The molecule has 4 fully saturated rings. The fraction of sp³-hybridized carbons (Fsp3) is 0.714. The second-order valence-corrected chi connectivity index (χ2v) is 17.1. The van der Waals surface area contributed by atoms with Crippen molar-refractivity contribution in [2.45, 2.75) is 111 Å². The topological polar surface area (TPSA) is 72.9 Å². The summed E-state index contributed by atoms with van der Waals surface area (Å²) in [4.78, 5) is 29.3. The summed E-state index contributed by atoms with van der Waals surface area (Å²) >= 11 is 0. The lowest BCUT2D eigenvalue weighted by molar-refractivity contribution is -0.210. The third-order valence-corrected chi connectivity index (χ3v) is 14.9. The molecule has 6 heteroatoms. The van der Waals surface area contributed by atoms with Crippen LogP contribution in [0.2, 0.25) is 0 Å². The molecule has 1 aromatic rings. The fourth-order valence-corrected chi connectivity index (χ4v) is 12.2. The Labute approximate surface area is 291 Å². The Balaban J connectivity index is 0.00000145. The highest BCUT2D eigenvalue weighted by Crippen LogP contribution is 2.75. The van der Waals surface area contributed by atoms with Gasteiger partial charge in [0.25, 0.3) is 0 Å². The van der Waals surface area contributed by atoms with E-state index in [0.717, 1.165) is 38.9 Å². The smallest absolute Gasteiger partial charge is 0.335 e. The molecule has 8 unspecified atom stereocenters. The number of rotatable bonds is 7. The number of hydrogen-bond donors (Lipinski definition) is 2. The highest BCUT2D eigenvalue weighted by molar-refractivity contribution is 5.88. The van der Waals surface area contributed by atoms with Gasteiger partial charge in [-0.05, 0) is 155 Å². The molecule has 0 spiro atoms. The van der Waals surface area contributed by atoms with Gasteiger partial charge in [0.1, 0.15) is 0 Å². The van der Waals surface area contributed by atoms with Gasteiger partial charge in [0.15, 0.2) is 0 Å². The van der Waals surface area contributed by atoms with Crippen LogP contribution in [0.15, 0.2) is 43.0 Å². The van der Waals surface area contributed by atoms with Crippen molar-refractivity contribution in [2.24, 2.45) is 45.8 Å². The Morgan fingerprint density at radius 1 is 0.938 bits per heavy atom. The number of carboxylic acids is 1. The standard InChI is InChI=1S/C39H59N3O3.C3H6/c1-8-42(25-24-41(6)7)35(45)40-39-19-9-10-32(39)31-15-16-33-36(3)20-17-29(27-11-13-28(14-12-27)34(43)44)26(2)30(36)18-21-38(33,5)37(31,4)22-23-39;1-3-2/h11-14,17,26,30-33H,8-10,15-16,18-25H2,1-7H3,(H,40,45)(H,43,44);3H,1H2,2H3/t26?,30?,31?,32?,33?,36?,37-,38?,39?;/m1./s1. The molecule has 2 amide bonds. The first-order chi connectivity index (χ1) is 22.7. The molecular formula is C42H65N3O3. The highest BCUT2D eigenvalue weighted by Gasteiger charge is 2.68. The molecule has 2 N–H and O–H groups in total. The summed E-state index contributed by atoms with van der Waals surface area (Å²) in [6.45, 7) is 20.2. The van der Waals surface area contributed by atoms with Gasteiger partial charge in [-0.2, -0.15) is 0 Å². The lowest BCUT2D eigenvalue weighted by Gasteiger charge is -2.71. The van der Waals surface area contributed by atoms with E-state index in [2.05, 4.69) is 71.6 Å². The molecule has 5 aliphatic rings. The first-order valence-corrected chi connectivity index (χ1v) is 19.0. The lowest BCUT2D eigenvalue weighted by atomic mass is 9.34. The third-order valence-electron chi connectivity index (χ3n) is 14.9. The van der Waals surface area contributed by atoms with Gasteiger partial charge in [-0.3, -0.25) is 0 Å². The predicted molar refractivity (Wildman–Crippen MR) is 198 cm³/mol. The minimum Gasteiger partial charge on any atom is -0.478 e. The van der Waals surface area contributed by atoms with Crippen LogP contribution in [0.25, 0.3) is 5.57 Å². The number of nitrogens with one attached hydrogen (secondary N) is 1. The molecule has 266 valence electrons. The molecule has 0 radical (unpaired) electrons. The van der Waals surface area contributed by atoms with Crippen molar-refractivity contribution in [3.63, 3.8) is 0 Å². The van der Waals surface area contributed by atoms with Gasteiger partial charge in [0.05, 0.1) is 5.56 Å². The number of urea groups is 1. The zero-order chi connectivity index (χ0) is 35.1. The van der Waals surface area contributed by atoms with Crippen LogP contribution in [0.4, 0.5) is 4.79 Å². The van der Waals surface area contributed by atoms with E-state index >= 15 is 0 Å². The van der Waals surface area contributed by atoms with Crippen LogP contribution >= 0.6 is 0 Å². The summed E-state index contributed by atoms with van der Waals surface area (Å²) in [6, 6.07) is 7.71. The van der Waals surface area contributed by atoms with E-state index in [0.29, 0.717) is 46.0 Å². The molecule has 48 heavy (non-hydrogen) atoms. The third kappa shape index (κ3) is 6.07. The first kappa shape index (κ1) is 36.7. The maximum atomic E-state index is 13.7. The molecule has 0 bridgehead atoms. The SMILES string of the molecule is C=CC.CCN(CCN(C)C)C(=O)NC12CCCC1C1CCC3C4(C)CC=C(c5ccc(C(=O)O)cc5)C(C)C4CCC3(C)[C@]1(C)CC2. The maximum Gasteiger partial charge on any atom is 0.335 e. The number of allylic oxidation sites excluding steroid dienone is 3. The molecule has 4 saturated carbocycles. The van der Waals surface area contributed by atoms with E-state index in [1.807, 2.05) is 24.0 Å². The van der Waals surface area contributed by atoms with E-state index in [1.165, 1.54) is 56.1 Å². The molecule has 6 rings (SSSR count). The molecule has 0 heterocycles. The molecule has 1 aromatic carbocycles.